The molecule has 1 aromatic carbocycles. The smallest absolute Gasteiger partial charge is 0.270 e. The molecule has 0 atom stereocenters. The highest BCUT2D eigenvalue weighted by Gasteiger charge is 2.11. The molecule has 0 aliphatic heterocycles. The number of hydrogen-bond acceptors (Lipinski definition) is 4. The Morgan fingerprint density at radius 3 is 2.60 bits per heavy atom. The number of aromatic nitrogens is 2. The summed E-state index contributed by atoms with van der Waals surface area (Å²) in [6.45, 7) is 0. The molecule has 2 rings (SSSR count). The van der Waals surface area contributed by atoms with E-state index in [1.165, 1.54) is 0 Å². The minimum absolute atomic E-state index is 0.205. The maximum absolute atomic E-state index is 5.92. The quantitative estimate of drug-likeness (QED) is 0.823. The molecule has 2 aromatic rings. The van der Waals surface area contributed by atoms with Gasteiger partial charge in [0.2, 0.25) is 5.15 Å². The van der Waals surface area contributed by atoms with E-state index in [2.05, 4.69) is 8.75 Å². The molecule has 0 unspecified atom stereocenters. The molecule has 0 fully saturated rings. The first kappa shape index (κ1) is 11.0. The summed E-state index contributed by atoms with van der Waals surface area (Å²) in [4.78, 5) is 0. The van der Waals surface area contributed by atoms with Crippen LogP contribution in [0.2, 0.25) is 15.2 Å². The number of benzene rings is 1. The van der Waals surface area contributed by atoms with Crippen LogP contribution in [0, 0.1) is 0 Å². The van der Waals surface area contributed by atoms with E-state index < -0.39 is 0 Å². The highest BCUT2D eigenvalue weighted by molar-refractivity contribution is 6.99. The van der Waals surface area contributed by atoms with Crippen molar-refractivity contribution in [3.8, 4) is 11.6 Å². The number of rotatable bonds is 2. The van der Waals surface area contributed by atoms with Gasteiger partial charge in [-0.05, 0) is 12.1 Å². The second-order valence-corrected chi connectivity index (χ2v) is 4.19. The van der Waals surface area contributed by atoms with E-state index in [9.17, 15) is 0 Å². The Balaban J connectivity index is 2.33. The predicted octanol–water partition coefficient (Wildman–Crippen LogP) is 4.29. The van der Waals surface area contributed by atoms with Crippen molar-refractivity contribution < 1.29 is 4.74 Å². The van der Waals surface area contributed by atoms with E-state index in [1.807, 2.05) is 0 Å². The molecule has 0 amide bonds. The molecule has 0 spiro atoms. The molecule has 0 saturated carbocycles. The van der Waals surface area contributed by atoms with Gasteiger partial charge in [-0.3, -0.25) is 0 Å². The standard InChI is InChI=1S/C8H3Cl3N2OS/c9-4-2-1-3-5(6(4)10)14-8-7(11)12-15-13-8/h1-3H. The van der Waals surface area contributed by atoms with Crippen molar-refractivity contribution in [3.05, 3.63) is 33.4 Å². The van der Waals surface area contributed by atoms with E-state index in [4.69, 9.17) is 39.5 Å². The summed E-state index contributed by atoms with van der Waals surface area (Å²) < 4.78 is 13.0. The van der Waals surface area contributed by atoms with Gasteiger partial charge in [-0.15, -0.1) is 4.37 Å². The Hall–Kier alpha value is -0.550. The van der Waals surface area contributed by atoms with Gasteiger partial charge in [-0.2, -0.15) is 4.37 Å². The van der Waals surface area contributed by atoms with Crippen LogP contribution < -0.4 is 4.74 Å². The zero-order chi connectivity index (χ0) is 10.8. The molecule has 78 valence electrons. The van der Waals surface area contributed by atoms with Crippen molar-refractivity contribution in [1.82, 2.24) is 8.75 Å². The number of hydrogen-bond donors (Lipinski definition) is 0. The summed E-state index contributed by atoms with van der Waals surface area (Å²) in [5.41, 5.74) is 0. The van der Waals surface area contributed by atoms with E-state index in [-0.39, 0.29) is 11.0 Å². The topological polar surface area (TPSA) is 35.0 Å². The van der Waals surface area contributed by atoms with Gasteiger partial charge in [-0.25, -0.2) is 0 Å². The van der Waals surface area contributed by atoms with Crippen LogP contribution in [0.3, 0.4) is 0 Å². The maximum atomic E-state index is 5.92. The fraction of sp³-hybridized carbons (Fsp3) is 0. The number of nitrogens with zero attached hydrogens (tertiary/aromatic N) is 2. The summed E-state index contributed by atoms with van der Waals surface area (Å²) in [6, 6.07) is 5.05. The van der Waals surface area contributed by atoms with Crippen molar-refractivity contribution in [1.29, 1.82) is 0 Å². The van der Waals surface area contributed by atoms with Crippen LogP contribution in [0.5, 0.6) is 11.6 Å². The highest BCUT2D eigenvalue weighted by atomic mass is 35.5. The summed E-state index contributed by atoms with van der Waals surface area (Å²) in [7, 11) is 0. The van der Waals surface area contributed by atoms with Gasteiger partial charge in [0.1, 0.15) is 10.8 Å². The lowest BCUT2D eigenvalue weighted by molar-refractivity contribution is 0.468. The van der Waals surface area contributed by atoms with Gasteiger partial charge < -0.3 is 4.74 Å². The maximum Gasteiger partial charge on any atom is 0.270 e. The Morgan fingerprint density at radius 2 is 1.93 bits per heavy atom. The molecule has 15 heavy (non-hydrogen) atoms. The van der Waals surface area contributed by atoms with Crippen molar-refractivity contribution in [3.63, 3.8) is 0 Å². The minimum atomic E-state index is 0.205. The van der Waals surface area contributed by atoms with Crippen LogP contribution in [0.15, 0.2) is 18.2 Å². The third-order valence-electron chi connectivity index (χ3n) is 1.54. The molecule has 3 nitrogen and oxygen atoms in total. The molecule has 0 N–H and O–H groups in total. The minimum Gasteiger partial charge on any atom is -0.434 e. The molecule has 0 saturated heterocycles. The average Bonchev–Trinajstić information content (AvgIpc) is 2.60. The summed E-state index contributed by atoms with van der Waals surface area (Å²) >= 11 is 18.4. The number of ether oxygens (including phenoxy) is 1. The normalized spacial score (nSPS) is 10.3. The van der Waals surface area contributed by atoms with Gasteiger partial charge in [0.15, 0.2) is 0 Å². The Kier molecular flexibility index (Phi) is 3.31. The molecular formula is C8H3Cl3N2OS. The fourth-order valence-corrected chi connectivity index (χ4v) is 1.84. The lowest BCUT2D eigenvalue weighted by atomic mass is 10.3. The second kappa shape index (κ2) is 4.53. The SMILES string of the molecule is Clc1cccc(Oc2nsnc2Cl)c1Cl. The van der Waals surface area contributed by atoms with Crippen molar-refractivity contribution in [2.24, 2.45) is 0 Å². The Morgan fingerprint density at radius 1 is 1.13 bits per heavy atom. The van der Waals surface area contributed by atoms with Crippen LogP contribution in [0.4, 0.5) is 0 Å². The molecule has 1 heterocycles. The van der Waals surface area contributed by atoms with Crippen LogP contribution in [-0.4, -0.2) is 8.75 Å². The molecule has 1 aromatic heterocycles. The van der Waals surface area contributed by atoms with Gasteiger partial charge in [-0.1, -0.05) is 40.9 Å². The molecule has 0 aliphatic rings. The Labute approximate surface area is 105 Å². The number of halogens is 3. The molecular weight excluding hydrogens is 279 g/mol. The molecule has 0 aliphatic carbocycles. The summed E-state index contributed by atoms with van der Waals surface area (Å²) in [5.74, 6) is 0.629. The van der Waals surface area contributed by atoms with E-state index in [1.54, 1.807) is 18.2 Å². The second-order valence-electron chi connectivity index (χ2n) is 2.51. The largest absolute Gasteiger partial charge is 0.434 e. The predicted molar refractivity (Wildman–Crippen MR) is 61.5 cm³/mol. The molecule has 0 bridgehead atoms. The summed E-state index contributed by atoms with van der Waals surface area (Å²) in [6.07, 6.45) is 0. The zero-order valence-corrected chi connectivity index (χ0v) is 10.2. The first-order valence-electron chi connectivity index (χ1n) is 3.78. The van der Waals surface area contributed by atoms with Gasteiger partial charge >= 0.3 is 0 Å². The van der Waals surface area contributed by atoms with E-state index in [0.717, 1.165) is 11.7 Å². The zero-order valence-electron chi connectivity index (χ0n) is 7.08. The van der Waals surface area contributed by atoms with Crippen molar-refractivity contribution in [2.45, 2.75) is 0 Å². The van der Waals surface area contributed by atoms with Gasteiger partial charge in [0.25, 0.3) is 5.88 Å². The first-order valence-corrected chi connectivity index (χ1v) is 5.65. The highest BCUT2D eigenvalue weighted by Crippen LogP contribution is 2.35. The average molecular weight is 282 g/mol. The van der Waals surface area contributed by atoms with Gasteiger partial charge in [0.05, 0.1) is 16.8 Å². The van der Waals surface area contributed by atoms with Crippen LogP contribution in [0.25, 0.3) is 0 Å². The van der Waals surface area contributed by atoms with Gasteiger partial charge in [0, 0.05) is 0 Å². The Bertz CT molecular complexity index is 488. The van der Waals surface area contributed by atoms with Crippen LogP contribution in [0.1, 0.15) is 0 Å². The van der Waals surface area contributed by atoms with E-state index in [0.29, 0.717) is 15.8 Å². The van der Waals surface area contributed by atoms with E-state index >= 15 is 0 Å². The third-order valence-corrected chi connectivity index (χ3v) is 3.20. The van der Waals surface area contributed by atoms with Crippen molar-refractivity contribution >= 4 is 46.5 Å². The van der Waals surface area contributed by atoms with Crippen LogP contribution in [-0.2, 0) is 0 Å². The monoisotopic (exact) mass is 280 g/mol. The lowest BCUT2D eigenvalue weighted by Gasteiger charge is -2.04. The lowest BCUT2D eigenvalue weighted by Crippen LogP contribution is -1.86. The van der Waals surface area contributed by atoms with Crippen molar-refractivity contribution in [2.75, 3.05) is 0 Å². The fourth-order valence-electron chi connectivity index (χ4n) is 0.898. The summed E-state index contributed by atoms with van der Waals surface area (Å²) in [5, 5.41) is 0.938. The third kappa shape index (κ3) is 2.34. The first-order chi connectivity index (χ1) is 7.18. The van der Waals surface area contributed by atoms with Crippen LogP contribution >= 0.6 is 46.5 Å². The molecule has 7 heteroatoms. The molecule has 0 radical (unpaired) electrons.